The maximum absolute atomic E-state index is 13.9. The topological polar surface area (TPSA) is 25.2 Å². The summed E-state index contributed by atoms with van der Waals surface area (Å²) in [6.07, 6.45) is 0.489. The average molecular weight is 296 g/mol. The third-order valence-corrected chi connectivity index (χ3v) is 4.14. The minimum absolute atomic E-state index is 0.0261. The highest BCUT2D eigenvalue weighted by atomic mass is 35.5. The van der Waals surface area contributed by atoms with Gasteiger partial charge in [-0.2, -0.15) is 0 Å². The predicted octanol–water partition coefficient (Wildman–Crippen LogP) is 4.50. The summed E-state index contributed by atoms with van der Waals surface area (Å²) in [4.78, 5) is 0. The molecule has 0 fully saturated rings. The van der Waals surface area contributed by atoms with Gasteiger partial charge in [-0.3, -0.25) is 0 Å². The van der Waals surface area contributed by atoms with Crippen molar-refractivity contribution in [2.75, 3.05) is 7.05 Å². The van der Waals surface area contributed by atoms with Gasteiger partial charge in [-0.15, -0.1) is 0 Å². The highest BCUT2D eigenvalue weighted by molar-refractivity contribution is 6.31. The maximum Gasteiger partial charge on any atom is 0.127 e. The average Bonchev–Trinajstić information content (AvgIpc) is 2.64. The molecular weight excluding hydrogens is 277 g/mol. The second-order valence-electron chi connectivity index (χ2n) is 5.00. The smallest absolute Gasteiger partial charge is 0.127 e. The lowest BCUT2D eigenvalue weighted by atomic mass is 9.95. The summed E-state index contributed by atoms with van der Waals surface area (Å²) in [6.45, 7) is 5.89. The molecule has 0 aliphatic heterocycles. The van der Waals surface area contributed by atoms with Crippen LogP contribution in [0, 0.1) is 26.6 Å². The van der Waals surface area contributed by atoms with E-state index in [1.807, 2.05) is 27.8 Å². The molecule has 0 aliphatic carbocycles. The molecule has 1 unspecified atom stereocenters. The van der Waals surface area contributed by atoms with Crippen molar-refractivity contribution in [1.29, 1.82) is 0 Å². The Balaban J connectivity index is 2.39. The third-order valence-electron chi connectivity index (χ3n) is 3.78. The summed E-state index contributed by atoms with van der Waals surface area (Å²) in [7, 11) is 1.86. The number of rotatable bonds is 4. The Labute approximate surface area is 123 Å². The molecule has 1 aromatic heterocycles. The molecule has 0 spiro atoms. The summed E-state index contributed by atoms with van der Waals surface area (Å²) < 4.78 is 19.6. The Morgan fingerprint density at radius 3 is 2.45 bits per heavy atom. The van der Waals surface area contributed by atoms with E-state index in [1.165, 1.54) is 6.07 Å². The van der Waals surface area contributed by atoms with Crippen molar-refractivity contribution in [3.05, 3.63) is 57.2 Å². The van der Waals surface area contributed by atoms with E-state index in [-0.39, 0.29) is 11.9 Å². The monoisotopic (exact) mass is 295 g/mol. The van der Waals surface area contributed by atoms with E-state index in [0.717, 1.165) is 22.6 Å². The first-order valence-electron chi connectivity index (χ1n) is 6.62. The van der Waals surface area contributed by atoms with Gasteiger partial charge in [-0.1, -0.05) is 17.7 Å². The predicted molar refractivity (Wildman–Crippen MR) is 79.8 cm³/mol. The van der Waals surface area contributed by atoms with Crippen LogP contribution in [0.5, 0.6) is 0 Å². The molecule has 0 aliphatic rings. The van der Waals surface area contributed by atoms with Crippen molar-refractivity contribution in [3.63, 3.8) is 0 Å². The van der Waals surface area contributed by atoms with Crippen LogP contribution >= 0.6 is 11.6 Å². The van der Waals surface area contributed by atoms with Crippen molar-refractivity contribution in [1.82, 2.24) is 5.32 Å². The third kappa shape index (κ3) is 2.74. The SMILES string of the molecule is CNC(Cc1c(F)cccc1Cl)c1c(C)oc(C)c1C. The molecule has 2 rings (SSSR count). The second kappa shape index (κ2) is 5.98. The van der Waals surface area contributed by atoms with E-state index < -0.39 is 0 Å². The van der Waals surface area contributed by atoms with E-state index in [4.69, 9.17) is 16.0 Å². The van der Waals surface area contributed by atoms with E-state index >= 15 is 0 Å². The Morgan fingerprint density at radius 2 is 1.95 bits per heavy atom. The molecular formula is C16H19ClFNO. The van der Waals surface area contributed by atoms with Crippen LogP contribution in [0.4, 0.5) is 4.39 Å². The van der Waals surface area contributed by atoms with Gasteiger partial charge in [0.2, 0.25) is 0 Å². The first-order chi connectivity index (χ1) is 9.45. The van der Waals surface area contributed by atoms with Crippen LogP contribution in [0.2, 0.25) is 5.02 Å². The second-order valence-corrected chi connectivity index (χ2v) is 5.41. The van der Waals surface area contributed by atoms with Gasteiger partial charge in [0.25, 0.3) is 0 Å². The summed E-state index contributed by atoms with van der Waals surface area (Å²) in [5.41, 5.74) is 2.73. The molecule has 2 aromatic rings. The van der Waals surface area contributed by atoms with Gasteiger partial charge in [0, 0.05) is 22.2 Å². The highest BCUT2D eigenvalue weighted by Gasteiger charge is 2.22. The zero-order chi connectivity index (χ0) is 14.9. The fourth-order valence-corrected chi connectivity index (χ4v) is 2.84. The van der Waals surface area contributed by atoms with Gasteiger partial charge in [0.1, 0.15) is 17.3 Å². The number of furan rings is 1. The lowest BCUT2D eigenvalue weighted by Crippen LogP contribution is -2.20. The quantitative estimate of drug-likeness (QED) is 0.898. The summed E-state index contributed by atoms with van der Waals surface area (Å²) in [5, 5.41) is 3.69. The summed E-state index contributed by atoms with van der Waals surface area (Å²) >= 11 is 6.11. The lowest BCUT2D eigenvalue weighted by molar-refractivity contribution is 0.487. The largest absolute Gasteiger partial charge is 0.466 e. The molecule has 4 heteroatoms. The maximum atomic E-state index is 13.9. The van der Waals surface area contributed by atoms with Gasteiger partial charge in [0.05, 0.1) is 0 Å². The normalized spacial score (nSPS) is 12.7. The van der Waals surface area contributed by atoms with Crippen molar-refractivity contribution in [2.24, 2.45) is 0 Å². The van der Waals surface area contributed by atoms with Crippen LogP contribution in [0.15, 0.2) is 22.6 Å². The zero-order valence-corrected chi connectivity index (χ0v) is 12.9. The molecule has 0 saturated heterocycles. The molecule has 108 valence electrons. The van der Waals surface area contributed by atoms with E-state index in [0.29, 0.717) is 17.0 Å². The standard InChI is InChI=1S/C16H19ClFNO/c1-9-10(2)20-11(3)16(9)15(19-4)8-12-13(17)6-5-7-14(12)18/h5-7,15,19H,8H2,1-4H3. The number of benzene rings is 1. The molecule has 1 aromatic carbocycles. The number of hydrogen-bond donors (Lipinski definition) is 1. The molecule has 1 atom stereocenters. The van der Waals surface area contributed by atoms with Crippen LogP contribution in [0.25, 0.3) is 0 Å². The molecule has 0 amide bonds. The number of aryl methyl sites for hydroxylation is 2. The number of halogens is 2. The van der Waals surface area contributed by atoms with Crippen molar-refractivity contribution in [2.45, 2.75) is 33.2 Å². The summed E-state index contributed by atoms with van der Waals surface area (Å²) in [6, 6.07) is 4.75. The fourth-order valence-electron chi connectivity index (χ4n) is 2.60. The van der Waals surface area contributed by atoms with Crippen LogP contribution in [0.3, 0.4) is 0 Å². The Kier molecular flexibility index (Phi) is 4.51. The fraction of sp³-hybridized carbons (Fsp3) is 0.375. The zero-order valence-electron chi connectivity index (χ0n) is 12.2. The van der Waals surface area contributed by atoms with Crippen molar-refractivity contribution < 1.29 is 8.81 Å². The molecule has 1 heterocycles. The van der Waals surface area contributed by atoms with Gasteiger partial charge >= 0.3 is 0 Å². The van der Waals surface area contributed by atoms with E-state index in [2.05, 4.69) is 5.32 Å². The molecule has 0 radical (unpaired) electrons. The number of nitrogens with one attached hydrogen (secondary N) is 1. The number of hydrogen-bond acceptors (Lipinski definition) is 2. The van der Waals surface area contributed by atoms with E-state index in [1.54, 1.807) is 12.1 Å². The van der Waals surface area contributed by atoms with Crippen LogP contribution in [-0.4, -0.2) is 7.05 Å². The Morgan fingerprint density at radius 1 is 1.25 bits per heavy atom. The van der Waals surface area contributed by atoms with Crippen LogP contribution in [0.1, 0.15) is 34.3 Å². The minimum Gasteiger partial charge on any atom is -0.466 e. The Hall–Kier alpha value is -1.32. The van der Waals surface area contributed by atoms with Gasteiger partial charge in [-0.05, 0) is 51.9 Å². The summed E-state index contributed by atoms with van der Waals surface area (Å²) in [5.74, 6) is 1.50. The van der Waals surface area contributed by atoms with Crippen molar-refractivity contribution >= 4 is 11.6 Å². The molecule has 20 heavy (non-hydrogen) atoms. The number of likely N-dealkylation sites (N-methyl/N-ethyl adjacent to an activating group) is 1. The van der Waals surface area contributed by atoms with Crippen LogP contribution < -0.4 is 5.32 Å². The molecule has 0 saturated carbocycles. The van der Waals surface area contributed by atoms with Gasteiger partial charge in [0.15, 0.2) is 0 Å². The first-order valence-corrected chi connectivity index (χ1v) is 7.00. The van der Waals surface area contributed by atoms with Gasteiger partial charge < -0.3 is 9.73 Å². The molecule has 1 N–H and O–H groups in total. The first kappa shape index (κ1) is 15.1. The lowest BCUT2D eigenvalue weighted by Gasteiger charge is -2.18. The van der Waals surface area contributed by atoms with Crippen molar-refractivity contribution in [3.8, 4) is 0 Å². The minimum atomic E-state index is -0.270. The highest BCUT2D eigenvalue weighted by Crippen LogP contribution is 2.31. The van der Waals surface area contributed by atoms with Gasteiger partial charge in [-0.25, -0.2) is 4.39 Å². The molecule has 2 nitrogen and oxygen atoms in total. The van der Waals surface area contributed by atoms with Crippen LogP contribution in [-0.2, 0) is 6.42 Å². The Bertz CT molecular complexity index is 601. The van der Waals surface area contributed by atoms with E-state index in [9.17, 15) is 4.39 Å². The molecule has 0 bridgehead atoms.